The van der Waals surface area contributed by atoms with Crippen molar-refractivity contribution in [1.29, 1.82) is 0 Å². The van der Waals surface area contributed by atoms with Crippen LogP contribution in [0.5, 0.6) is 0 Å². The zero-order valence-corrected chi connectivity index (χ0v) is 11.4. The molecule has 4 nitrogen and oxygen atoms in total. The van der Waals surface area contributed by atoms with Crippen LogP contribution in [0.2, 0.25) is 0 Å². The van der Waals surface area contributed by atoms with Crippen molar-refractivity contribution in [2.75, 3.05) is 12.4 Å². The minimum absolute atomic E-state index is 0.910. The zero-order chi connectivity index (χ0) is 12.7. The molecule has 0 aliphatic carbocycles. The van der Waals surface area contributed by atoms with Gasteiger partial charge in [0.25, 0.3) is 0 Å². The highest BCUT2D eigenvalue weighted by molar-refractivity contribution is 7.13. The monoisotopic (exact) mass is 258 g/mol. The van der Waals surface area contributed by atoms with Gasteiger partial charge in [0.05, 0.1) is 11.0 Å². The predicted molar refractivity (Wildman–Crippen MR) is 76.1 cm³/mol. The van der Waals surface area contributed by atoms with E-state index in [9.17, 15) is 0 Å². The Bertz CT molecular complexity index is 711. The Hall–Kier alpha value is -1.88. The molecule has 0 amide bonds. The molecule has 0 radical (unpaired) electrons. The van der Waals surface area contributed by atoms with Gasteiger partial charge in [-0.3, -0.25) is 0 Å². The van der Waals surface area contributed by atoms with E-state index in [-0.39, 0.29) is 0 Å². The molecule has 0 unspecified atom stereocenters. The second-order valence-corrected chi connectivity index (χ2v) is 5.07. The van der Waals surface area contributed by atoms with E-state index >= 15 is 0 Å². The van der Waals surface area contributed by atoms with Crippen molar-refractivity contribution >= 4 is 28.2 Å². The van der Waals surface area contributed by atoms with Crippen LogP contribution < -0.4 is 5.32 Å². The maximum Gasteiger partial charge on any atom is 0.137 e. The number of imidazole rings is 1. The molecule has 92 valence electrons. The number of hydrogen-bond acceptors (Lipinski definition) is 4. The molecular weight excluding hydrogens is 244 g/mol. The average molecular weight is 258 g/mol. The molecule has 0 atom stereocenters. The first-order valence-electron chi connectivity index (χ1n) is 5.76. The summed E-state index contributed by atoms with van der Waals surface area (Å²) in [5.74, 6) is 1.93. The molecule has 0 fully saturated rings. The summed E-state index contributed by atoms with van der Waals surface area (Å²) in [4.78, 5) is 9.06. The lowest BCUT2D eigenvalue weighted by Crippen LogP contribution is -1.89. The van der Waals surface area contributed by atoms with Gasteiger partial charge in [0.2, 0.25) is 0 Å². The molecule has 2 heterocycles. The Morgan fingerprint density at radius 1 is 1.28 bits per heavy atom. The number of fused-ring (bicyclic) bond motifs is 1. The van der Waals surface area contributed by atoms with Gasteiger partial charge in [0.15, 0.2) is 0 Å². The van der Waals surface area contributed by atoms with E-state index < -0.39 is 0 Å². The lowest BCUT2D eigenvalue weighted by Gasteiger charge is -1.98. The predicted octanol–water partition coefficient (Wildman–Crippen LogP) is 3.05. The molecule has 1 N–H and O–H groups in total. The first kappa shape index (κ1) is 11.2. The Morgan fingerprint density at radius 3 is 2.83 bits per heavy atom. The van der Waals surface area contributed by atoms with Crippen molar-refractivity contribution in [1.82, 2.24) is 14.5 Å². The third-order valence-electron chi connectivity index (χ3n) is 3.11. The van der Waals surface area contributed by atoms with Crippen LogP contribution in [0.3, 0.4) is 0 Å². The van der Waals surface area contributed by atoms with E-state index in [0.29, 0.717) is 0 Å². The zero-order valence-electron chi connectivity index (χ0n) is 10.6. The highest BCUT2D eigenvalue weighted by Gasteiger charge is 2.08. The van der Waals surface area contributed by atoms with Crippen LogP contribution in [0.4, 0.5) is 5.82 Å². The van der Waals surface area contributed by atoms with Gasteiger partial charge in [0, 0.05) is 25.0 Å². The van der Waals surface area contributed by atoms with Gasteiger partial charge >= 0.3 is 0 Å². The van der Waals surface area contributed by atoms with Crippen molar-refractivity contribution in [3.8, 4) is 10.6 Å². The largest absolute Gasteiger partial charge is 0.372 e. The number of hydrogen-bond donors (Lipinski definition) is 1. The lowest BCUT2D eigenvalue weighted by molar-refractivity contribution is 0.886. The van der Waals surface area contributed by atoms with Crippen LogP contribution >= 0.6 is 11.3 Å². The van der Waals surface area contributed by atoms with Crippen LogP contribution in [0.1, 0.15) is 5.82 Å². The number of nitrogens with zero attached hydrogens (tertiary/aromatic N) is 3. The minimum Gasteiger partial charge on any atom is -0.372 e. The summed E-state index contributed by atoms with van der Waals surface area (Å²) in [6.45, 7) is 2.02. The summed E-state index contributed by atoms with van der Waals surface area (Å²) >= 11 is 1.64. The molecule has 3 rings (SSSR count). The van der Waals surface area contributed by atoms with E-state index in [1.54, 1.807) is 11.3 Å². The Morgan fingerprint density at radius 2 is 2.11 bits per heavy atom. The summed E-state index contributed by atoms with van der Waals surface area (Å²) in [6, 6.07) is 6.30. The van der Waals surface area contributed by atoms with E-state index in [0.717, 1.165) is 33.2 Å². The van der Waals surface area contributed by atoms with Gasteiger partial charge in [-0.1, -0.05) is 0 Å². The van der Waals surface area contributed by atoms with Gasteiger partial charge in [-0.2, -0.15) is 0 Å². The molecule has 2 aromatic heterocycles. The third kappa shape index (κ3) is 1.67. The van der Waals surface area contributed by atoms with Crippen LogP contribution in [0.25, 0.3) is 21.6 Å². The topological polar surface area (TPSA) is 42.7 Å². The first-order chi connectivity index (χ1) is 8.69. The fraction of sp³-hybridized carbons (Fsp3) is 0.231. The van der Waals surface area contributed by atoms with E-state index in [1.807, 2.05) is 26.4 Å². The van der Waals surface area contributed by atoms with Crippen molar-refractivity contribution in [3.63, 3.8) is 0 Å². The van der Waals surface area contributed by atoms with Gasteiger partial charge < -0.3 is 9.88 Å². The van der Waals surface area contributed by atoms with E-state index in [1.165, 1.54) is 0 Å². The first-order valence-corrected chi connectivity index (χ1v) is 6.64. The fourth-order valence-corrected chi connectivity index (χ4v) is 2.78. The average Bonchev–Trinajstić information content (AvgIpc) is 2.95. The number of anilines is 1. The number of aryl methyl sites for hydroxylation is 2. The molecular formula is C13H14N4S. The molecule has 0 bridgehead atoms. The second kappa shape index (κ2) is 4.10. The van der Waals surface area contributed by atoms with E-state index in [4.69, 9.17) is 0 Å². The molecule has 0 saturated carbocycles. The Kier molecular flexibility index (Phi) is 2.56. The van der Waals surface area contributed by atoms with Crippen LogP contribution in [0.15, 0.2) is 23.6 Å². The number of nitrogens with one attached hydrogen (secondary N) is 1. The van der Waals surface area contributed by atoms with Crippen molar-refractivity contribution in [2.24, 2.45) is 7.05 Å². The number of aromatic nitrogens is 3. The summed E-state index contributed by atoms with van der Waals surface area (Å²) in [6.07, 6.45) is 0. The molecule has 0 saturated heterocycles. The summed E-state index contributed by atoms with van der Waals surface area (Å²) in [5.41, 5.74) is 3.29. The normalized spacial score (nSPS) is 11.1. The maximum atomic E-state index is 4.55. The second-order valence-electron chi connectivity index (χ2n) is 4.21. The SMILES string of the molecule is CNc1csc(-c2ccc3c(c2)nc(C)n3C)n1. The number of thiazole rings is 1. The fourth-order valence-electron chi connectivity index (χ4n) is 1.97. The van der Waals surface area contributed by atoms with Crippen LogP contribution in [-0.2, 0) is 7.05 Å². The molecule has 3 aromatic rings. The highest BCUT2D eigenvalue weighted by atomic mass is 32.1. The molecule has 5 heteroatoms. The number of benzene rings is 1. The van der Waals surface area contributed by atoms with Crippen molar-refractivity contribution in [2.45, 2.75) is 6.92 Å². The van der Waals surface area contributed by atoms with Crippen molar-refractivity contribution < 1.29 is 0 Å². The van der Waals surface area contributed by atoms with Gasteiger partial charge in [-0.05, 0) is 25.1 Å². The van der Waals surface area contributed by atoms with Crippen LogP contribution in [-0.4, -0.2) is 21.6 Å². The van der Waals surface area contributed by atoms with Crippen molar-refractivity contribution in [3.05, 3.63) is 29.4 Å². The molecule has 18 heavy (non-hydrogen) atoms. The minimum atomic E-state index is 0.910. The Balaban J connectivity index is 2.13. The third-order valence-corrected chi connectivity index (χ3v) is 4.00. The lowest BCUT2D eigenvalue weighted by atomic mass is 10.2. The van der Waals surface area contributed by atoms with Gasteiger partial charge in [0.1, 0.15) is 16.6 Å². The summed E-state index contributed by atoms with van der Waals surface area (Å²) in [7, 11) is 3.91. The maximum absolute atomic E-state index is 4.55. The molecule has 0 spiro atoms. The highest BCUT2D eigenvalue weighted by Crippen LogP contribution is 2.28. The molecule has 1 aromatic carbocycles. The standard InChI is InChI=1S/C13H14N4S/c1-8-15-10-6-9(4-5-11(10)17(8)3)13-16-12(14-2)7-18-13/h4-7,14H,1-3H3. The number of rotatable bonds is 2. The summed E-state index contributed by atoms with van der Waals surface area (Å²) in [5, 5.41) is 6.08. The smallest absolute Gasteiger partial charge is 0.137 e. The Labute approximate surface area is 109 Å². The van der Waals surface area contributed by atoms with Crippen LogP contribution in [0, 0.1) is 6.92 Å². The van der Waals surface area contributed by atoms with E-state index in [2.05, 4.69) is 38.1 Å². The van der Waals surface area contributed by atoms with Gasteiger partial charge in [-0.25, -0.2) is 9.97 Å². The quantitative estimate of drug-likeness (QED) is 0.768. The summed E-state index contributed by atoms with van der Waals surface area (Å²) < 4.78 is 2.10. The molecule has 0 aliphatic heterocycles. The molecule has 0 aliphatic rings. The van der Waals surface area contributed by atoms with Gasteiger partial charge in [-0.15, -0.1) is 11.3 Å².